The predicted octanol–water partition coefficient (Wildman–Crippen LogP) is 11.3. The van der Waals surface area contributed by atoms with Gasteiger partial charge in [0, 0.05) is 21.9 Å². The van der Waals surface area contributed by atoms with Crippen LogP contribution in [0.25, 0.3) is 89.1 Å². The number of hydrogen-bond acceptors (Lipinski definition) is 4. The Kier molecular flexibility index (Phi) is 6.43. The van der Waals surface area contributed by atoms with Gasteiger partial charge in [0.15, 0.2) is 17.5 Å². The molecule has 0 N–H and O–H groups in total. The summed E-state index contributed by atoms with van der Waals surface area (Å²) in [6.45, 7) is 0. The summed E-state index contributed by atoms with van der Waals surface area (Å²) >= 11 is 0. The summed E-state index contributed by atoms with van der Waals surface area (Å²) in [5.41, 5.74) is 8.70. The quantitative estimate of drug-likeness (QED) is 0.197. The molecular formula is C43H27N3O. The van der Waals surface area contributed by atoms with Crippen molar-refractivity contribution in [2.24, 2.45) is 0 Å². The fourth-order valence-corrected chi connectivity index (χ4v) is 6.51. The Labute approximate surface area is 271 Å². The van der Waals surface area contributed by atoms with Crippen molar-refractivity contribution in [1.82, 2.24) is 15.0 Å². The highest BCUT2D eigenvalue weighted by Crippen LogP contribution is 2.38. The lowest BCUT2D eigenvalue weighted by molar-refractivity contribution is 0.669. The van der Waals surface area contributed by atoms with E-state index in [-0.39, 0.29) is 0 Å². The van der Waals surface area contributed by atoms with Crippen LogP contribution in [0, 0.1) is 0 Å². The van der Waals surface area contributed by atoms with Gasteiger partial charge in [-0.3, -0.25) is 0 Å². The summed E-state index contributed by atoms with van der Waals surface area (Å²) in [7, 11) is 0. The third-order valence-electron chi connectivity index (χ3n) is 8.76. The second kappa shape index (κ2) is 11.2. The molecule has 47 heavy (non-hydrogen) atoms. The van der Waals surface area contributed by atoms with Crippen LogP contribution in [-0.4, -0.2) is 15.0 Å². The predicted molar refractivity (Wildman–Crippen MR) is 192 cm³/mol. The zero-order valence-electron chi connectivity index (χ0n) is 25.3. The summed E-state index contributed by atoms with van der Waals surface area (Å²) in [6.07, 6.45) is 0. The molecule has 0 spiro atoms. The Hall–Kier alpha value is -6.39. The van der Waals surface area contributed by atoms with Gasteiger partial charge in [0.2, 0.25) is 0 Å². The lowest BCUT2D eigenvalue weighted by Crippen LogP contribution is -2.01. The molecule has 0 fully saturated rings. The highest BCUT2D eigenvalue weighted by molar-refractivity contribution is 6.09. The zero-order valence-corrected chi connectivity index (χ0v) is 25.3. The zero-order chi connectivity index (χ0) is 31.2. The van der Waals surface area contributed by atoms with Crippen molar-refractivity contribution in [2.45, 2.75) is 0 Å². The highest BCUT2D eigenvalue weighted by atomic mass is 16.3. The largest absolute Gasteiger partial charge is 0.455 e. The first-order valence-electron chi connectivity index (χ1n) is 15.7. The molecule has 9 aromatic rings. The lowest BCUT2D eigenvalue weighted by Gasteiger charge is -2.14. The third-order valence-corrected chi connectivity index (χ3v) is 8.76. The molecule has 0 bridgehead atoms. The van der Waals surface area contributed by atoms with E-state index in [1.165, 1.54) is 10.8 Å². The Morgan fingerprint density at radius 1 is 0.340 bits per heavy atom. The van der Waals surface area contributed by atoms with Gasteiger partial charge in [-0.05, 0) is 51.2 Å². The van der Waals surface area contributed by atoms with Crippen molar-refractivity contribution in [1.29, 1.82) is 0 Å². The van der Waals surface area contributed by atoms with Crippen LogP contribution < -0.4 is 0 Å². The second-order valence-corrected chi connectivity index (χ2v) is 11.6. The molecule has 0 saturated carbocycles. The lowest BCUT2D eigenvalue weighted by atomic mass is 9.94. The van der Waals surface area contributed by atoms with Crippen molar-refractivity contribution >= 4 is 32.7 Å². The highest BCUT2D eigenvalue weighted by Gasteiger charge is 2.20. The average Bonchev–Trinajstić information content (AvgIpc) is 3.54. The Morgan fingerprint density at radius 2 is 0.894 bits per heavy atom. The minimum absolute atomic E-state index is 0.562. The molecule has 0 atom stereocenters. The van der Waals surface area contributed by atoms with Gasteiger partial charge in [-0.25, -0.2) is 15.0 Å². The van der Waals surface area contributed by atoms with E-state index in [0.717, 1.165) is 60.9 Å². The maximum atomic E-state index is 6.45. The topological polar surface area (TPSA) is 51.8 Å². The van der Waals surface area contributed by atoms with E-state index in [1.54, 1.807) is 0 Å². The number of fused-ring (bicyclic) bond motifs is 4. The van der Waals surface area contributed by atoms with E-state index in [0.29, 0.717) is 17.5 Å². The molecule has 0 aliphatic heterocycles. The van der Waals surface area contributed by atoms with E-state index in [1.807, 2.05) is 42.5 Å². The second-order valence-electron chi connectivity index (χ2n) is 11.6. The molecule has 2 aromatic heterocycles. The van der Waals surface area contributed by atoms with Crippen LogP contribution in [0.3, 0.4) is 0 Å². The van der Waals surface area contributed by atoms with Gasteiger partial charge in [0.25, 0.3) is 0 Å². The Morgan fingerprint density at radius 3 is 1.79 bits per heavy atom. The van der Waals surface area contributed by atoms with E-state index in [9.17, 15) is 0 Å². The number of aromatic nitrogens is 3. The molecule has 0 aliphatic carbocycles. The van der Waals surface area contributed by atoms with Crippen molar-refractivity contribution < 1.29 is 4.42 Å². The van der Waals surface area contributed by atoms with E-state index < -0.39 is 0 Å². The first-order valence-corrected chi connectivity index (χ1v) is 15.7. The van der Waals surface area contributed by atoms with E-state index in [2.05, 4.69) is 121 Å². The molecule has 4 nitrogen and oxygen atoms in total. The standard InChI is InChI=1S/C43H27N3O/c1-2-13-28(14-3-1)30-17-10-18-31(27-30)41-44-42(37-22-7-6-20-34(37)33-23-11-16-29-15-4-5-19-32(29)33)46-43(45-41)38-25-12-24-36-35-21-8-9-26-39(35)47-40(36)38/h1-27H. The van der Waals surface area contributed by atoms with Crippen LogP contribution in [0.5, 0.6) is 0 Å². The van der Waals surface area contributed by atoms with Crippen molar-refractivity contribution in [3.8, 4) is 56.4 Å². The van der Waals surface area contributed by atoms with Crippen LogP contribution in [-0.2, 0) is 0 Å². The van der Waals surface area contributed by atoms with Gasteiger partial charge in [-0.1, -0.05) is 146 Å². The number of rotatable bonds is 5. The van der Waals surface area contributed by atoms with Crippen LogP contribution in [0.1, 0.15) is 0 Å². The summed E-state index contributed by atoms with van der Waals surface area (Å²) in [5, 5.41) is 4.46. The fraction of sp³-hybridized carbons (Fsp3) is 0. The number of hydrogen-bond donors (Lipinski definition) is 0. The molecule has 0 unspecified atom stereocenters. The molecule has 0 radical (unpaired) electrons. The maximum absolute atomic E-state index is 6.45. The Balaban J connectivity index is 1.30. The molecule has 0 amide bonds. The normalized spacial score (nSPS) is 11.4. The Bertz CT molecular complexity index is 2580. The molecule has 4 heteroatoms. The summed E-state index contributed by atoms with van der Waals surface area (Å²) in [4.78, 5) is 15.5. The molecule has 2 heterocycles. The summed E-state index contributed by atoms with van der Waals surface area (Å²) in [6, 6.07) is 56.3. The van der Waals surface area contributed by atoms with Crippen molar-refractivity contribution in [2.75, 3.05) is 0 Å². The maximum Gasteiger partial charge on any atom is 0.167 e. The van der Waals surface area contributed by atoms with Crippen LogP contribution in [0.4, 0.5) is 0 Å². The molecule has 220 valence electrons. The fourth-order valence-electron chi connectivity index (χ4n) is 6.51. The van der Waals surface area contributed by atoms with Gasteiger partial charge >= 0.3 is 0 Å². The van der Waals surface area contributed by atoms with Gasteiger partial charge in [0.05, 0.1) is 5.56 Å². The van der Waals surface area contributed by atoms with E-state index >= 15 is 0 Å². The number of para-hydroxylation sites is 2. The smallest absolute Gasteiger partial charge is 0.167 e. The van der Waals surface area contributed by atoms with Gasteiger partial charge < -0.3 is 4.42 Å². The minimum Gasteiger partial charge on any atom is -0.455 e. The van der Waals surface area contributed by atoms with Gasteiger partial charge in [0.1, 0.15) is 11.2 Å². The molecule has 0 saturated heterocycles. The van der Waals surface area contributed by atoms with Crippen molar-refractivity contribution in [3.05, 3.63) is 164 Å². The first-order chi connectivity index (χ1) is 23.3. The number of furan rings is 1. The SMILES string of the molecule is c1ccc(-c2cccc(-c3nc(-c4ccccc4-c4cccc5ccccc45)nc(-c4cccc5c4oc4ccccc45)n3)c2)cc1. The van der Waals surface area contributed by atoms with Crippen molar-refractivity contribution in [3.63, 3.8) is 0 Å². The van der Waals surface area contributed by atoms with E-state index in [4.69, 9.17) is 19.4 Å². The average molecular weight is 602 g/mol. The summed E-state index contributed by atoms with van der Waals surface area (Å²) < 4.78 is 6.45. The van der Waals surface area contributed by atoms with Gasteiger partial charge in [-0.15, -0.1) is 0 Å². The van der Waals surface area contributed by atoms with Crippen LogP contribution in [0.15, 0.2) is 168 Å². The third kappa shape index (κ3) is 4.75. The van der Waals surface area contributed by atoms with Gasteiger partial charge in [-0.2, -0.15) is 0 Å². The number of nitrogens with zero attached hydrogens (tertiary/aromatic N) is 3. The monoisotopic (exact) mass is 601 g/mol. The van der Waals surface area contributed by atoms with Crippen LogP contribution in [0.2, 0.25) is 0 Å². The minimum atomic E-state index is 0.562. The summed E-state index contributed by atoms with van der Waals surface area (Å²) in [5.74, 6) is 1.77. The molecular weight excluding hydrogens is 574 g/mol. The number of benzene rings is 7. The molecule has 0 aliphatic rings. The molecule has 7 aromatic carbocycles. The van der Waals surface area contributed by atoms with Crippen LogP contribution >= 0.6 is 0 Å². The first kappa shape index (κ1) is 27.0. The molecule has 9 rings (SSSR count).